The lowest BCUT2D eigenvalue weighted by Crippen LogP contribution is -1.96. The second-order valence-electron chi connectivity index (χ2n) is 2.19. The van der Waals surface area contributed by atoms with E-state index >= 15 is 0 Å². The standard InChI is InChI=1S/C8H10ClNO2/c1-2-12-7-4-3-6(5-11)8(9)10-7/h3-4,11H,2,5H2,1H3. The molecular weight excluding hydrogens is 178 g/mol. The molecular formula is C8H10ClNO2. The van der Waals surface area contributed by atoms with Crippen LogP contribution in [0.1, 0.15) is 12.5 Å². The van der Waals surface area contributed by atoms with Crippen LogP contribution in [0.15, 0.2) is 12.1 Å². The highest BCUT2D eigenvalue weighted by atomic mass is 35.5. The summed E-state index contributed by atoms with van der Waals surface area (Å²) in [6, 6.07) is 3.38. The molecule has 0 aliphatic carbocycles. The van der Waals surface area contributed by atoms with Gasteiger partial charge in [0.05, 0.1) is 13.2 Å². The monoisotopic (exact) mass is 187 g/mol. The molecule has 0 unspecified atom stereocenters. The molecule has 0 radical (unpaired) electrons. The number of ether oxygens (including phenoxy) is 1. The topological polar surface area (TPSA) is 42.4 Å². The molecule has 0 atom stereocenters. The molecule has 0 bridgehead atoms. The molecule has 1 N–H and O–H groups in total. The zero-order chi connectivity index (χ0) is 8.97. The number of pyridine rings is 1. The van der Waals surface area contributed by atoms with Crippen LogP contribution in [-0.4, -0.2) is 16.7 Å². The number of hydrogen-bond donors (Lipinski definition) is 1. The van der Waals surface area contributed by atoms with Crippen LogP contribution in [0.5, 0.6) is 5.88 Å². The Balaban J connectivity index is 2.86. The maximum Gasteiger partial charge on any atom is 0.214 e. The van der Waals surface area contributed by atoms with Gasteiger partial charge in [0, 0.05) is 11.6 Å². The lowest BCUT2D eigenvalue weighted by Gasteiger charge is -2.03. The van der Waals surface area contributed by atoms with E-state index in [1.807, 2.05) is 6.92 Å². The smallest absolute Gasteiger partial charge is 0.214 e. The van der Waals surface area contributed by atoms with E-state index in [1.165, 1.54) is 0 Å². The van der Waals surface area contributed by atoms with E-state index < -0.39 is 0 Å². The van der Waals surface area contributed by atoms with E-state index in [0.29, 0.717) is 23.2 Å². The summed E-state index contributed by atoms with van der Waals surface area (Å²) in [5.41, 5.74) is 0.611. The lowest BCUT2D eigenvalue weighted by molar-refractivity contribution is 0.280. The summed E-state index contributed by atoms with van der Waals surface area (Å²) in [5.74, 6) is 0.486. The van der Waals surface area contributed by atoms with Gasteiger partial charge in [-0.1, -0.05) is 11.6 Å². The van der Waals surface area contributed by atoms with Gasteiger partial charge in [-0.15, -0.1) is 0 Å². The van der Waals surface area contributed by atoms with Crippen molar-refractivity contribution < 1.29 is 9.84 Å². The van der Waals surface area contributed by atoms with E-state index in [9.17, 15) is 0 Å². The highest BCUT2D eigenvalue weighted by molar-refractivity contribution is 6.30. The Morgan fingerprint density at radius 1 is 1.58 bits per heavy atom. The minimum absolute atomic E-state index is 0.0990. The van der Waals surface area contributed by atoms with Crippen LogP contribution >= 0.6 is 11.6 Å². The molecule has 66 valence electrons. The van der Waals surface area contributed by atoms with Gasteiger partial charge in [-0.2, -0.15) is 0 Å². The van der Waals surface area contributed by atoms with E-state index in [4.69, 9.17) is 21.4 Å². The Hall–Kier alpha value is -0.800. The van der Waals surface area contributed by atoms with Crippen molar-refractivity contribution in [1.29, 1.82) is 0 Å². The minimum Gasteiger partial charge on any atom is -0.478 e. The largest absolute Gasteiger partial charge is 0.478 e. The maximum atomic E-state index is 8.77. The molecule has 0 aromatic carbocycles. The van der Waals surface area contributed by atoms with Crippen molar-refractivity contribution in [2.45, 2.75) is 13.5 Å². The summed E-state index contributed by atoms with van der Waals surface area (Å²) in [7, 11) is 0. The molecule has 0 aliphatic rings. The maximum absolute atomic E-state index is 8.77. The van der Waals surface area contributed by atoms with Gasteiger partial charge in [-0.3, -0.25) is 0 Å². The van der Waals surface area contributed by atoms with E-state index in [2.05, 4.69) is 4.98 Å². The van der Waals surface area contributed by atoms with Gasteiger partial charge in [0.2, 0.25) is 5.88 Å². The van der Waals surface area contributed by atoms with Crippen LogP contribution in [0.4, 0.5) is 0 Å². The van der Waals surface area contributed by atoms with Crippen LogP contribution in [0, 0.1) is 0 Å². The van der Waals surface area contributed by atoms with Crippen LogP contribution in [0.3, 0.4) is 0 Å². The first-order valence-electron chi connectivity index (χ1n) is 3.67. The third kappa shape index (κ3) is 2.09. The van der Waals surface area contributed by atoms with Gasteiger partial charge in [-0.25, -0.2) is 4.98 Å². The first-order chi connectivity index (χ1) is 5.77. The fraction of sp³-hybridized carbons (Fsp3) is 0.375. The minimum atomic E-state index is -0.0990. The van der Waals surface area contributed by atoms with Gasteiger partial charge in [0.25, 0.3) is 0 Å². The molecule has 1 heterocycles. The van der Waals surface area contributed by atoms with Crippen LogP contribution in [-0.2, 0) is 6.61 Å². The Morgan fingerprint density at radius 3 is 2.83 bits per heavy atom. The van der Waals surface area contributed by atoms with Crippen molar-refractivity contribution in [2.75, 3.05) is 6.61 Å². The van der Waals surface area contributed by atoms with E-state index in [1.54, 1.807) is 12.1 Å². The summed E-state index contributed by atoms with van der Waals surface area (Å²) < 4.78 is 5.11. The fourth-order valence-corrected chi connectivity index (χ4v) is 0.999. The van der Waals surface area contributed by atoms with Crippen molar-refractivity contribution in [3.05, 3.63) is 22.8 Å². The van der Waals surface area contributed by atoms with Crippen molar-refractivity contribution in [3.63, 3.8) is 0 Å². The highest BCUT2D eigenvalue weighted by Gasteiger charge is 2.01. The van der Waals surface area contributed by atoms with Crippen molar-refractivity contribution in [2.24, 2.45) is 0 Å². The van der Waals surface area contributed by atoms with Gasteiger partial charge in [0.15, 0.2) is 0 Å². The molecule has 4 heteroatoms. The second-order valence-corrected chi connectivity index (χ2v) is 2.55. The normalized spacial score (nSPS) is 9.92. The zero-order valence-electron chi connectivity index (χ0n) is 6.75. The molecule has 0 spiro atoms. The predicted molar refractivity (Wildman–Crippen MR) is 46.3 cm³/mol. The van der Waals surface area contributed by atoms with Gasteiger partial charge >= 0.3 is 0 Å². The quantitative estimate of drug-likeness (QED) is 0.732. The lowest BCUT2D eigenvalue weighted by atomic mass is 10.3. The van der Waals surface area contributed by atoms with Gasteiger partial charge < -0.3 is 9.84 Å². The number of aliphatic hydroxyl groups excluding tert-OH is 1. The summed E-state index contributed by atoms with van der Waals surface area (Å²) >= 11 is 5.71. The average molecular weight is 188 g/mol. The van der Waals surface area contributed by atoms with Crippen molar-refractivity contribution in [1.82, 2.24) is 4.98 Å². The Morgan fingerprint density at radius 2 is 2.33 bits per heavy atom. The first-order valence-corrected chi connectivity index (χ1v) is 4.04. The van der Waals surface area contributed by atoms with Crippen LogP contribution < -0.4 is 4.74 Å². The number of halogens is 1. The fourth-order valence-electron chi connectivity index (χ4n) is 0.793. The molecule has 0 fully saturated rings. The molecule has 1 rings (SSSR count). The summed E-state index contributed by atoms with van der Waals surface area (Å²) in [5, 5.41) is 9.07. The average Bonchev–Trinajstić information content (AvgIpc) is 2.05. The number of rotatable bonds is 3. The molecule has 0 saturated heterocycles. The highest BCUT2D eigenvalue weighted by Crippen LogP contribution is 2.17. The van der Waals surface area contributed by atoms with Gasteiger partial charge in [-0.05, 0) is 13.0 Å². The summed E-state index contributed by atoms with van der Waals surface area (Å²) in [4.78, 5) is 3.92. The van der Waals surface area contributed by atoms with E-state index in [-0.39, 0.29) is 6.61 Å². The van der Waals surface area contributed by atoms with E-state index in [0.717, 1.165) is 0 Å². The molecule has 3 nitrogen and oxygen atoms in total. The number of hydrogen-bond acceptors (Lipinski definition) is 3. The van der Waals surface area contributed by atoms with Crippen LogP contribution in [0.2, 0.25) is 5.15 Å². The van der Waals surface area contributed by atoms with Crippen molar-refractivity contribution in [3.8, 4) is 5.88 Å². The third-order valence-corrected chi connectivity index (χ3v) is 1.69. The zero-order valence-corrected chi connectivity index (χ0v) is 7.51. The second kappa shape index (κ2) is 4.28. The number of aromatic nitrogens is 1. The number of nitrogens with zero attached hydrogens (tertiary/aromatic N) is 1. The summed E-state index contributed by atoms with van der Waals surface area (Å²) in [6.45, 7) is 2.33. The molecule has 0 aliphatic heterocycles. The van der Waals surface area contributed by atoms with Gasteiger partial charge in [0.1, 0.15) is 5.15 Å². The Labute approximate surface area is 76.0 Å². The molecule has 0 amide bonds. The van der Waals surface area contributed by atoms with Crippen LogP contribution in [0.25, 0.3) is 0 Å². The molecule has 0 saturated carbocycles. The SMILES string of the molecule is CCOc1ccc(CO)c(Cl)n1. The first kappa shape index (κ1) is 9.29. The molecule has 1 aromatic heterocycles. The summed E-state index contributed by atoms with van der Waals surface area (Å²) in [6.07, 6.45) is 0. The van der Waals surface area contributed by atoms with Crippen molar-refractivity contribution >= 4 is 11.6 Å². The molecule has 1 aromatic rings. The molecule has 12 heavy (non-hydrogen) atoms. The number of aliphatic hydroxyl groups is 1. The predicted octanol–water partition coefficient (Wildman–Crippen LogP) is 1.63. The Bertz CT molecular complexity index is 265. The third-order valence-electron chi connectivity index (χ3n) is 1.36. The Kier molecular flexibility index (Phi) is 3.31.